The van der Waals surface area contributed by atoms with Crippen molar-refractivity contribution in [3.63, 3.8) is 0 Å². The first-order valence-electron chi connectivity index (χ1n) is 7.55. The average Bonchev–Trinajstić information content (AvgIpc) is 2.98. The number of halogens is 2. The Morgan fingerprint density at radius 2 is 2.09 bits per heavy atom. The number of nitrogens with one attached hydrogen (secondary N) is 2. The van der Waals surface area contributed by atoms with Gasteiger partial charge in [0.1, 0.15) is 5.82 Å². The molecule has 130 valence electrons. The summed E-state index contributed by atoms with van der Waals surface area (Å²) in [6, 6.07) is 6.37. The van der Waals surface area contributed by atoms with Crippen LogP contribution in [0.3, 0.4) is 0 Å². The predicted molar refractivity (Wildman–Crippen MR) is 99.6 cm³/mol. The van der Waals surface area contributed by atoms with E-state index in [9.17, 15) is 9.50 Å². The normalized spacial score (nSPS) is 20.9. The summed E-state index contributed by atoms with van der Waals surface area (Å²) >= 11 is 0. The fourth-order valence-electron chi connectivity index (χ4n) is 2.59. The van der Waals surface area contributed by atoms with Crippen molar-refractivity contribution in [2.45, 2.75) is 19.4 Å². The van der Waals surface area contributed by atoms with E-state index in [1.54, 1.807) is 19.2 Å². The molecule has 5 nitrogen and oxygen atoms in total. The number of nitrogens with zero attached hydrogens (tertiary/aromatic N) is 1. The molecule has 0 saturated carbocycles. The average molecular weight is 437 g/mol. The van der Waals surface area contributed by atoms with Crippen LogP contribution in [0.4, 0.5) is 4.39 Å². The monoisotopic (exact) mass is 437 g/mol. The van der Waals surface area contributed by atoms with Crippen LogP contribution in [0.15, 0.2) is 29.3 Å². The number of ether oxygens (including phenoxy) is 1. The second-order valence-corrected chi connectivity index (χ2v) is 5.68. The Kier molecular flexibility index (Phi) is 8.78. The van der Waals surface area contributed by atoms with Gasteiger partial charge in [0.2, 0.25) is 0 Å². The lowest BCUT2D eigenvalue weighted by atomic mass is 9.84. The van der Waals surface area contributed by atoms with E-state index in [2.05, 4.69) is 15.6 Å². The molecule has 0 aliphatic carbocycles. The zero-order chi connectivity index (χ0) is 15.8. The number of rotatable bonds is 6. The van der Waals surface area contributed by atoms with Crippen molar-refractivity contribution in [1.82, 2.24) is 10.6 Å². The summed E-state index contributed by atoms with van der Waals surface area (Å²) in [5, 5.41) is 15.7. The molecule has 0 bridgehead atoms. The maximum Gasteiger partial charge on any atom is 0.191 e. The molecule has 1 aliphatic rings. The third kappa shape index (κ3) is 6.23. The highest BCUT2D eigenvalue weighted by Gasteiger charge is 2.34. The molecular weight excluding hydrogens is 412 g/mol. The third-order valence-electron chi connectivity index (χ3n) is 4.05. The van der Waals surface area contributed by atoms with Crippen molar-refractivity contribution in [3.8, 4) is 0 Å². The minimum absolute atomic E-state index is 0. The molecule has 0 aromatic heterocycles. The lowest BCUT2D eigenvalue weighted by Gasteiger charge is -2.27. The standard InChI is InChI=1S/C16H24FN3O2.HI/c1-18-15(19-10-13-2-4-14(17)5-3-13)20-11-16(6-8-21)7-9-22-12-16;/h2-5,21H,6-12H2,1H3,(H2,18,19,20);1H. The second kappa shape index (κ2) is 10.0. The predicted octanol–water partition coefficient (Wildman–Crippen LogP) is 1.90. The van der Waals surface area contributed by atoms with Crippen LogP contribution < -0.4 is 10.6 Å². The molecule has 7 heteroatoms. The van der Waals surface area contributed by atoms with Gasteiger partial charge in [0.05, 0.1) is 6.61 Å². The molecule has 0 amide bonds. The lowest BCUT2D eigenvalue weighted by Crippen LogP contribution is -2.44. The summed E-state index contributed by atoms with van der Waals surface area (Å²) in [6.07, 6.45) is 1.66. The molecule has 1 saturated heterocycles. The maximum absolute atomic E-state index is 12.9. The summed E-state index contributed by atoms with van der Waals surface area (Å²) in [7, 11) is 1.71. The van der Waals surface area contributed by atoms with E-state index in [1.165, 1.54) is 12.1 Å². The number of aliphatic imine (C=N–C) groups is 1. The van der Waals surface area contributed by atoms with Gasteiger partial charge >= 0.3 is 0 Å². The minimum Gasteiger partial charge on any atom is -0.396 e. The summed E-state index contributed by atoms with van der Waals surface area (Å²) in [5.74, 6) is 0.451. The van der Waals surface area contributed by atoms with E-state index < -0.39 is 0 Å². The van der Waals surface area contributed by atoms with E-state index in [0.29, 0.717) is 25.7 Å². The number of guanidine groups is 1. The molecule has 0 radical (unpaired) electrons. The van der Waals surface area contributed by atoms with Crippen LogP contribution in [0.25, 0.3) is 0 Å². The summed E-state index contributed by atoms with van der Waals surface area (Å²) < 4.78 is 18.3. The van der Waals surface area contributed by atoms with Crippen LogP contribution >= 0.6 is 24.0 Å². The largest absolute Gasteiger partial charge is 0.396 e. The Morgan fingerprint density at radius 3 is 2.65 bits per heavy atom. The SMILES string of the molecule is CN=C(NCc1ccc(F)cc1)NCC1(CCO)CCOC1.I. The van der Waals surface area contributed by atoms with Crippen molar-refractivity contribution in [2.24, 2.45) is 10.4 Å². The van der Waals surface area contributed by atoms with Crippen molar-refractivity contribution < 1.29 is 14.2 Å². The molecule has 1 aliphatic heterocycles. The van der Waals surface area contributed by atoms with Gasteiger partial charge in [-0.15, -0.1) is 24.0 Å². The Morgan fingerprint density at radius 1 is 1.35 bits per heavy atom. The molecule has 3 N–H and O–H groups in total. The molecule has 2 rings (SSSR count). The van der Waals surface area contributed by atoms with Crippen molar-refractivity contribution >= 4 is 29.9 Å². The first-order chi connectivity index (χ1) is 10.7. The van der Waals surface area contributed by atoms with Crippen molar-refractivity contribution in [3.05, 3.63) is 35.6 Å². The van der Waals surface area contributed by atoms with E-state index in [-0.39, 0.29) is 41.8 Å². The van der Waals surface area contributed by atoms with Gasteiger partial charge in [0, 0.05) is 38.8 Å². The maximum atomic E-state index is 12.9. The third-order valence-corrected chi connectivity index (χ3v) is 4.05. The van der Waals surface area contributed by atoms with Gasteiger partial charge < -0.3 is 20.5 Å². The Labute approximate surface area is 153 Å². The number of aliphatic hydroxyl groups excluding tert-OH is 1. The first-order valence-corrected chi connectivity index (χ1v) is 7.55. The van der Waals surface area contributed by atoms with E-state index >= 15 is 0 Å². The molecule has 0 spiro atoms. The fraction of sp³-hybridized carbons (Fsp3) is 0.562. The van der Waals surface area contributed by atoms with Crippen molar-refractivity contribution in [2.75, 3.05) is 33.4 Å². The molecule has 1 unspecified atom stereocenters. The Bertz CT molecular complexity index is 491. The van der Waals surface area contributed by atoms with Gasteiger partial charge in [-0.25, -0.2) is 4.39 Å². The molecule has 1 fully saturated rings. The van der Waals surface area contributed by atoms with Gasteiger partial charge in [-0.2, -0.15) is 0 Å². The topological polar surface area (TPSA) is 65.9 Å². The van der Waals surface area contributed by atoms with Crippen LogP contribution in [0, 0.1) is 11.2 Å². The van der Waals surface area contributed by atoms with Gasteiger partial charge in [-0.1, -0.05) is 12.1 Å². The smallest absolute Gasteiger partial charge is 0.191 e. The lowest BCUT2D eigenvalue weighted by molar-refractivity contribution is 0.127. The number of benzene rings is 1. The van der Waals surface area contributed by atoms with Crippen LogP contribution in [0.2, 0.25) is 0 Å². The molecule has 23 heavy (non-hydrogen) atoms. The minimum atomic E-state index is -0.238. The van der Waals surface area contributed by atoms with Gasteiger partial charge in [-0.3, -0.25) is 4.99 Å². The highest BCUT2D eigenvalue weighted by Crippen LogP contribution is 2.31. The summed E-state index contributed by atoms with van der Waals surface area (Å²) in [6.45, 7) is 2.84. The highest BCUT2D eigenvalue weighted by atomic mass is 127. The van der Waals surface area contributed by atoms with E-state index in [1.807, 2.05) is 0 Å². The zero-order valence-electron chi connectivity index (χ0n) is 13.3. The molecule has 1 atom stereocenters. The van der Waals surface area contributed by atoms with E-state index in [4.69, 9.17) is 4.74 Å². The second-order valence-electron chi connectivity index (χ2n) is 5.68. The Balaban J connectivity index is 0.00000264. The molecule has 1 heterocycles. The van der Waals surface area contributed by atoms with Gasteiger partial charge in [0.15, 0.2) is 5.96 Å². The highest BCUT2D eigenvalue weighted by molar-refractivity contribution is 14.0. The quantitative estimate of drug-likeness (QED) is 0.362. The molecule has 1 aromatic carbocycles. The van der Waals surface area contributed by atoms with E-state index in [0.717, 1.165) is 25.0 Å². The molecule has 1 aromatic rings. The Hall–Kier alpha value is -0.930. The zero-order valence-corrected chi connectivity index (χ0v) is 15.7. The number of hydrogen-bond acceptors (Lipinski definition) is 3. The van der Waals surface area contributed by atoms with Crippen LogP contribution in [0.1, 0.15) is 18.4 Å². The van der Waals surface area contributed by atoms with Gasteiger partial charge in [0.25, 0.3) is 0 Å². The number of aliphatic hydroxyl groups is 1. The van der Waals surface area contributed by atoms with Gasteiger partial charge in [-0.05, 0) is 30.5 Å². The number of hydrogen-bond donors (Lipinski definition) is 3. The van der Waals surface area contributed by atoms with Crippen LogP contribution in [0.5, 0.6) is 0 Å². The van der Waals surface area contributed by atoms with Crippen LogP contribution in [-0.4, -0.2) is 44.5 Å². The summed E-state index contributed by atoms with van der Waals surface area (Å²) in [4.78, 5) is 4.19. The molecular formula is C16H25FIN3O2. The summed E-state index contributed by atoms with van der Waals surface area (Å²) in [5.41, 5.74) is 0.959. The fourth-order valence-corrected chi connectivity index (χ4v) is 2.59. The first kappa shape index (κ1) is 20.1. The van der Waals surface area contributed by atoms with Crippen LogP contribution in [-0.2, 0) is 11.3 Å². The van der Waals surface area contributed by atoms with Crippen molar-refractivity contribution in [1.29, 1.82) is 0 Å².